The fourth-order valence-electron chi connectivity index (χ4n) is 3.72. The molecular weight excluding hydrogens is 272 g/mol. The van der Waals surface area contributed by atoms with Crippen LogP contribution in [0.25, 0.3) is 0 Å². The van der Waals surface area contributed by atoms with Gasteiger partial charge in [0.05, 0.1) is 17.3 Å². The van der Waals surface area contributed by atoms with Crippen LogP contribution in [0.4, 0.5) is 0 Å². The van der Waals surface area contributed by atoms with E-state index in [1.54, 1.807) is 4.68 Å². The van der Waals surface area contributed by atoms with Gasteiger partial charge in [-0.15, -0.1) is 5.10 Å². The monoisotopic (exact) mass is 294 g/mol. The first-order valence-electron chi connectivity index (χ1n) is 7.66. The molecule has 3 N–H and O–H groups in total. The van der Waals surface area contributed by atoms with E-state index in [1.807, 2.05) is 0 Å². The Hall–Kier alpha value is -1.47. The van der Waals surface area contributed by atoms with E-state index >= 15 is 0 Å². The summed E-state index contributed by atoms with van der Waals surface area (Å²) in [7, 11) is 0. The summed E-state index contributed by atoms with van der Waals surface area (Å²) in [5.41, 5.74) is 6.27. The molecule has 1 aromatic heterocycles. The molecule has 7 nitrogen and oxygen atoms in total. The topological polar surface area (TPSA) is 103 Å². The normalized spacial score (nSPS) is 24.5. The molecule has 0 bridgehead atoms. The van der Waals surface area contributed by atoms with Gasteiger partial charge in [-0.2, -0.15) is 0 Å². The van der Waals surface area contributed by atoms with E-state index in [4.69, 9.17) is 10.5 Å². The van der Waals surface area contributed by atoms with Crippen LogP contribution in [0.1, 0.15) is 60.7 Å². The molecule has 2 fully saturated rings. The molecule has 0 aromatic carbocycles. The van der Waals surface area contributed by atoms with Crippen LogP contribution in [0.15, 0.2) is 0 Å². The molecule has 116 valence electrons. The Kier molecular flexibility index (Phi) is 3.95. The minimum absolute atomic E-state index is 0.0295. The Morgan fingerprint density at radius 1 is 1.48 bits per heavy atom. The van der Waals surface area contributed by atoms with Crippen molar-refractivity contribution in [2.75, 3.05) is 13.2 Å². The van der Waals surface area contributed by atoms with Crippen molar-refractivity contribution in [1.29, 1.82) is 0 Å². The molecule has 1 saturated carbocycles. The molecule has 1 aliphatic heterocycles. The summed E-state index contributed by atoms with van der Waals surface area (Å²) in [6.07, 6.45) is 6.83. The first kappa shape index (κ1) is 14.5. The molecule has 1 aromatic rings. The number of aromatic nitrogens is 3. The fraction of sp³-hybridized carbons (Fsp3) is 0.786. The number of carboxylic acids is 1. The maximum absolute atomic E-state index is 11.3. The van der Waals surface area contributed by atoms with Gasteiger partial charge in [-0.25, -0.2) is 9.48 Å². The maximum Gasteiger partial charge on any atom is 0.358 e. The minimum atomic E-state index is -1.03. The van der Waals surface area contributed by atoms with Crippen LogP contribution in [0.2, 0.25) is 0 Å². The first-order chi connectivity index (χ1) is 10.2. The average molecular weight is 294 g/mol. The Balaban J connectivity index is 1.87. The van der Waals surface area contributed by atoms with Crippen LogP contribution >= 0.6 is 0 Å². The molecule has 21 heavy (non-hydrogen) atoms. The predicted octanol–water partition coefficient (Wildman–Crippen LogP) is 1.14. The Morgan fingerprint density at radius 2 is 2.24 bits per heavy atom. The van der Waals surface area contributed by atoms with Gasteiger partial charge < -0.3 is 15.6 Å². The molecule has 1 unspecified atom stereocenters. The van der Waals surface area contributed by atoms with Gasteiger partial charge in [0.15, 0.2) is 5.69 Å². The van der Waals surface area contributed by atoms with Crippen molar-refractivity contribution >= 4 is 5.97 Å². The molecule has 1 atom stereocenters. The summed E-state index contributed by atoms with van der Waals surface area (Å²) in [6, 6.07) is 0.166. The highest BCUT2D eigenvalue weighted by atomic mass is 16.5. The second-order valence-electron chi connectivity index (χ2n) is 6.06. The number of nitrogens with zero attached hydrogens (tertiary/aromatic N) is 3. The largest absolute Gasteiger partial charge is 0.476 e. The summed E-state index contributed by atoms with van der Waals surface area (Å²) in [4.78, 5) is 11.3. The zero-order valence-electron chi connectivity index (χ0n) is 12.1. The van der Waals surface area contributed by atoms with Crippen molar-refractivity contribution in [3.63, 3.8) is 0 Å². The third-order valence-electron chi connectivity index (χ3n) is 4.70. The maximum atomic E-state index is 11.3. The van der Waals surface area contributed by atoms with Gasteiger partial charge in [0, 0.05) is 13.0 Å². The zero-order valence-corrected chi connectivity index (χ0v) is 12.1. The molecule has 2 aliphatic rings. The van der Waals surface area contributed by atoms with Gasteiger partial charge in [0.2, 0.25) is 0 Å². The molecule has 0 radical (unpaired) electrons. The Morgan fingerprint density at radius 3 is 2.90 bits per heavy atom. The van der Waals surface area contributed by atoms with Gasteiger partial charge in [0.25, 0.3) is 0 Å². The van der Waals surface area contributed by atoms with Crippen LogP contribution in [-0.4, -0.2) is 44.8 Å². The molecule has 1 saturated heterocycles. The SMILES string of the molecule is NCCc1c(C(=O)O)nnn1C1CCOC2(CCCC2)C1. The third kappa shape index (κ3) is 2.67. The van der Waals surface area contributed by atoms with E-state index in [0.717, 1.165) is 25.7 Å². The summed E-state index contributed by atoms with van der Waals surface area (Å²) in [6.45, 7) is 1.09. The van der Waals surface area contributed by atoms with Gasteiger partial charge >= 0.3 is 5.97 Å². The summed E-state index contributed by atoms with van der Waals surface area (Å²) >= 11 is 0. The second kappa shape index (κ2) is 5.73. The molecule has 1 spiro atoms. The highest BCUT2D eigenvalue weighted by Gasteiger charge is 2.41. The van der Waals surface area contributed by atoms with Crippen molar-refractivity contribution < 1.29 is 14.6 Å². The van der Waals surface area contributed by atoms with Gasteiger partial charge in [-0.1, -0.05) is 18.1 Å². The van der Waals surface area contributed by atoms with Crippen LogP contribution in [0, 0.1) is 0 Å². The smallest absolute Gasteiger partial charge is 0.358 e. The van der Waals surface area contributed by atoms with Crippen LogP contribution < -0.4 is 5.73 Å². The number of nitrogens with two attached hydrogens (primary N) is 1. The number of hydrogen-bond donors (Lipinski definition) is 2. The van der Waals surface area contributed by atoms with Crippen molar-refractivity contribution in [2.24, 2.45) is 5.73 Å². The number of aromatic carboxylic acids is 1. The van der Waals surface area contributed by atoms with Crippen LogP contribution in [0.5, 0.6) is 0 Å². The van der Waals surface area contributed by atoms with E-state index in [9.17, 15) is 9.90 Å². The second-order valence-corrected chi connectivity index (χ2v) is 6.06. The summed E-state index contributed by atoms with van der Waals surface area (Å²) in [5.74, 6) is -1.03. The van der Waals surface area contributed by atoms with Crippen molar-refractivity contribution in [2.45, 2.75) is 56.6 Å². The molecule has 1 aliphatic carbocycles. The van der Waals surface area contributed by atoms with Crippen LogP contribution in [-0.2, 0) is 11.2 Å². The quantitative estimate of drug-likeness (QED) is 0.863. The van der Waals surface area contributed by atoms with Crippen molar-refractivity contribution in [3.05, 3.63) is 11.4 Å². The third-order valence-corrected chi connectivity index (χ3v) is 4.70. The number of ether oxygens (including phenoxy) is 1. The highest BCUT2D eigenvalue weighted by Crippen LogP contribution is 2.43. The zero-order chi connectivity index (χ0) is 14.9. The Labute approximate surface area is 123 Å². The van der Waals surface area contributed by atoms with Gasteiger partial charge in [-0.3, -0.25) is 0 Å². The van der Waals surface area contributed by atoms with E-state index in [2.05, 4.69) is 10.3 Å². The lowest BCUT2D eigenvalue weighted by atomic mass is 9.89. The number of carboxylic acid groups (broad SMARTS) is 1. The van der Waals surface area contributed by atoms with Gasteiger partial charge in [-0.05, 0) is 32.2 Å². The first-order valence-corrected chi connectivity index (χ1v) is 7.66. The lowest BCUT2D eigenvalue weighted by Crippen LogP contribution is -2.38. The van der Waals surface area contributed by atoms with Crippen molar-refractivity contribution in [1.82, 2.24) is 15.0 Å². The molecule has 7 heteroatoms. The van der Waals surface area contributed by atoms with Crippen molar-refractivity contribution in [3.8, 4) is 0 Å². The molecule has 0 amide bonds. The average Bonchev–Trinajstić information content (AvgIpc) is 3.07. The number of rotatable bonds is 4. The minimum Gasteiger partial charge on any atom is -0.476 e. The summed E-state index contributed by atoms with van der Waals surface area (Å²) in [5, 5.41) is 17.2. The molecule has 2 heterocycles. The standard InChI is InChI=1S/C14H22N4O3/c15-7-3-11-12(13(19)20)16-17-18(11)10-4-8-21-14(9-10)5-1-2-6-14/h10H,1-9,15H2,(H,19,20). The molecular formula is C14H22N4O3. The van der Waals surface area contributed by atoms with Gasteiger partial charge in [0.1, 0.15) is 0 Å². The highest BCUT2D eigenvalue weighted by molar-refractivity contribution is 5.86. The molecule has 3 rings (SSSR count). The van der Waals surface area contributed by atoms with E-state index < -0.39 is 5.97 Å². The fourth-order valence-corrected chi connectivity index (χ4v) is 3.72. The Bertz CT molecular complexity index is 522. The van der Waals surface area contributed by atoms with Crippen LogP contribution in [0.3, 0.4) is 0 Å². The van der Waals surface area contributed by atoms with E-state index in [-0.39, 0.29) is 17.3 Å². The number of hydrogen-bond acceptors (Lipinski definition) is 5. The van der Waals surface area contributed by atoms with E-state index in [1.165, 1.54) is 12.8 Å². The number of carbonyl (C=O) groups is 1. The summed E-state index contributed by atoms with van der Waals surface area (Å²) < 4.78 is 7.82. The lowest BCUT2D eigenvalue weighted by Gasteiger charge is -2.38. The van der Waals surface area contributed by atoms with E-state index in [0.29, 0.717) is 25.3 Å². The predicted molar refractivity (Wildman–Crippen MR) is 75.2 cm³/mol. The lowest BCUT2D eigenvalue weighted by molar-refractivity contribution is -0.0914.